The monoisotopic (exact) mass is 387 g/mol. The summed E-state index contributed by atoms with van der Waals surface area (Å²) < 4.78 is 11.6. The summed E-state index contributed by atoms with van der Waals surface area (Å²) in [4.78, 5) is 4.75. The van der Waals surface area contributed by atoms with Crippen LogP contribution in [0.4, 0.5) is 0 Å². The van der Waals surface area contributed by atoms with Gasteiger partial charge in [-0.2, -0.15) is 11.3 Å². The summed E-state index contributed by atoms with van der Waals surface area (Å²) >= 11 is 1.74. The van der Waals surface area contributed by atoms with E-state index in [2.05, 4.69) is 59.5 Å². The van der Waals surface area contributed by atoms with Crippen molar-refractivity contribution in [3.05, 3.63) is 51.7 Å². The average Bonchev–Trinajstić information content (AvgIpc) is 3.35. The number of aliphatic imine (C=N–C) groups is 1. The van der Waals surface area contributed by atoms with Crippen LogP contribution >= 0.6 is 11.3 Å². The normalized spacial score (nSPS) is 17.1. The van der Waals surface area contributed by atoms with E-state index in [4.69, 9.17) is 14.5 Å². The largest absolute Gasteiger partial charge is 0.488 e. The molecule has 0 saturated carbocycles. The molecule has 1 aliphatic heterocycles. The molecule has 2 aromatic rings. The molecule has 0 radical (unpaired) electrons. The summed E-state index contributed by atoms with van der Waals surface area (Å²) in [6, 6.07) is 8.48. The lowest BCUT2D eigenvalue weighted by molar-refractivity contribution is 0.140. The molecule has 5 nitrogen and oxygen atoms in total. The maximum absolute atomic E-state index is 6.18. The van der Waals surface area contributed by atoms with Crippen LogP contribution in [0.1, 0.15) is 30.0 Å². The van der Waals surface area contributed by atoms with Crippen molar-refractivity contribution in [1.82, 2.24) is 10.6 Å². The van der Waals surface area contributed by atoms with Gasteiger partial charge >= 0.3 is 0 Å². The SMILES string of the molecule is CCNC(=NCc1ccc(C)cc1OC1CCOC1)NCCc1ccsc1. The Hall–Kier alpha value is -2.05. The minimum atomic E-state index is 0.145. The third-order valence-corrected chi connectivity index (χ3v) is 5.17. The van der Waals surface area contributed by atoms with Crippen molar-refractivity contribution in [2.24, 2.45) is 4.99 Å². The number of thiophene rings is 1. The Morgan fingerprint density at radius 2 is 2.26 bits per heavy atom. The summed E-state index contributed by atoms with van der Waals surface area (Å²) in [6.45, 7) is 7.89. The van der Waals surface area contributed by atoms with Crippen LogP contribution in [0.5, 0.6) is 5.75 Å². The molecule has 146 valence electrons. The molecule has 6 heteroatoms. The lowest BCUT2D eigenvalue weighted by atomic mass is 10.1. The Morgan fingerprint density at radius 3 is 3.00 bits per heavy atom. The molecule has 1 aromatic heterocycles. The molecule has 2 heterocycles. The number of rotatable bonds is 8. The van der Waals surface area contributed by atoms with E-state index in [0.717, 1.165) is 49.8 Å². The fourth-order valence-electron chi connectivity index (χ4n) is 2.95. The van der Waals surface area contributed by atoms with Crippen LogP contribution in [0, 0.1) is 6.92 Å². The quantitative estimate of drug-likeness (QED) is 0.537. The number of aryl methyl sites for hydroxylation is 1. The van der Waals surface area contributed by atoms with Gasteiger partial charge in [0, 0.05) is 25.1 Å². The number of hydrogen-bond acceptors (Lipinski definition) is 4. The van der Waals surface area contributed by atoms with Crippen molar-refractivity contribution in [3.8, 4) is 5.75 Å². The van der Waals surface area contributed by atoms with Crippen molar-refractivity contribution < 1.29 is 9.47 Å². The van der Waals surface area contributed by atoms with E-state index >= 15 is 0 Å². The molecule has 0 bridgehead atoms. The predicted molar refractivity (Wildman–Crippen MR) is 112 cm³/mol. The molecular weight excluding hydrogens is 358 g/mol. The Bertz CT molecular complexity index is 725. The molecular formula is C21H29N3O2S. The van der Waals surface area contributed by atoms with Crippen LogP contribution in [-0.4, -0.2) is 38.4 Å². The fourth-order valence-corrected chi connectivity index (χ4v) is 3.66. The second kappa shape index (κ2) is 10.3. The molecule has 1 fully saturated rings. The number of guanidine groups is 1. The van der Waals surface area contributed by atoms with Crippen LogP contribution in [0.3, 0.4) is 0 Å². The zero-order valence-electron chi connectivity index (χ0n) is 16.2. The van der Waals surface area contributed by atoms with Gasteiger partial charge in [-0.1, -0.05) is 12.1 Å². The number of hydrogen-bond donors (Lipinski definition) is 2. The number of ether oxygens (including phenoxy) is 2. The average molecular weight is 388 g/mol. The Kier molecular flexibility index (Phi) is 7.54. The zero-order valence-corrected chi connectivity index (χ0v) is 17.0. The van der Waals surface area contributed by atoms with E-state index < -0.39 is 0 Å². The van der Waals surface area contributed by atoms with E-state index in [1.54, 1.807) is 11.3 Å². The molecule has 2 N–H and O–H groups in total. The van der Waals surface area contributed by atoms with Gasteiger partial charge in [-0.15, -0.1) is 0 Å². The highest BCUT2D eigenvalue weighted by atomic mass is 32.1. The van der Waals surface area contributed by atoms with Gasteiger partial charge in [0.1, 0.15) is 11.9 Å². The Balaban J connectivity index is 1.61. The van der Waals surface area contributed by atoms with E-state index in [9.17, 15) is 0 Å². The molecule has 0 spiro atoms. The zero-order chi connectivity index (χ0) is 18.9. The minimum absolute atomic E-state index is 0.145. The molecule has 0 aliphatic carbocycles. The molecule has 3 rings (SSSR count). The second-order valence-electron chi connectivity index (χ2n) is 6.72. The molecule has 1 atom stereocenters. The van der Waals surface area contributed by atoms with E-state index in [1.165, 1.54) is 11.1 Å². The molecule has 1 saturated heterocycles. The van der Waals surface area contributed by atoms with Crippen LogP contribution in [0.2, 0.25) is 0 Å². The maximum atomic E-state index is 6.18. The first-order chi connectivity index (χ1) is 13.2. The van der Waals surface area contributed by atoms with Gasteiger partial charge in [0.25, 0.3) is 0 Å². The van der Waals surface area contributed by atoms with Gasteiger partial charge in [-0.25, -0.2) is 4.99 Å². The lowest BCUT2D eigenvalue weighted by Gasteiger charge is -2.16. The van der Waals surface area contributed by atoms with E-state index in [0.29, 0.717) is 13.2 Å². The van der Waals surface area contributed by atoms with Crippen molar-refractivity contribution in [3.63, 3.8) is 0 Å². The van der Waals surface area contributed by atoms with Crippen molar-refractivity contribution in [2.45, 2.75) is 39.3 Å². The Morgan fingerprint density at radius 1 is 1.33 bits per heavy atom. The third kappa shape index (κ3) is 6.26. The highest BCUT2D eigenvalue weighted by Crippen LogP contribution is 2.24. The second-order valence-corrected chi connectivity index (χ2v) is 7.50. The highest BCUT2D eigenvalue weighted by molar-refractivity contribution is 7.07. The number of benzene rings is 1. The highest BCUT2D eigenvalue weighted by Gasteiger charge is 2.18. The summed E-state index contributed by atoms with van der Waals surface area (Å²) in [5.41, 5.74) is 3.65. The van der Waals surface area contributed by atoms with Gasteiger partial charge in [0.05, 0.1) is 19.8 Å². The summed E-state index contributed by atoms with van der Waals surface area (Å²) in [7, 11) is 0. The van der Waals surface area contributed by atoms with Crippen LogP contribution < -0.4 is 15.4 Å². The number of nitrogens with one attached hydrogen (secondary N) is 2. The Labute approximate surface area is 165 Å². The molecule has 1 aliphatic rings. The van der Waals surface area contributed by atoms with Crippen molar-refractivity contribution in [2.75, 3.05) is 26.3 Å². The maximum Gasteiger partial charge on any atom is 0.191 e. The molecule has 0 amide bonds. The van der Waals surface area contributed by atoms with Gasteiger partial charge in [0.2, 0.25) is 0 Å². The molecule has 1 unspecified atom stereocenters. The molecule has 27 heavy (non-hydrogen) atoms. The van der Waals surface area contributed by atoms with E-state index in [-0.39, 0.29) is 6.10 Å². The number of nitrogens with zero attached hydrogens (tertiary/aromatic N) is 1. The lowest BCUT2D eigenvalue weighted by Crippen LogP contribution is -2.38. The first kappa shape index (κ1) is 19.7. The van der Waals surface area contributed by atoms with E-state index in [1.807, 2.05) is 0 Å². The van der Waals surface area contributed by atoms with Crippen LogP contribution in [0.25, 0.3) is 0 Å². The van der Waals surface area contributed by atoms with Crippen molar-refractivity contribution in [1.29, 1.82) is 0 Å². The smallest absolute Gasteiger partial charge is 0.191 e. The topological polar surface area (TPSA) is 54.9 Å². The standard InChI is InChI=1S/C21H29N3O2S/c1-3-22-21(23-9-6-17-8-11-27-15-17)24-13-18-5-4-16(2)12-20(18)26-19-7-10-25-14-19/h4-5,8,11-12,15,19H,3,6-7,9-10,13-14H2,1-2H3,(H2,22,23,24). The summed E-state index contributed by atoms with van der Waals surface area (Å²) in [6.07, 6.45) is 2.09. The fraction of sp³-hybridized carbons (Fsp3) is 0.476. The predicted octanol–water partition coefficient (Wildman–Crippen LogP) is 3.52. The summed E-state index contributed by atoms with van der Waals surface area (Å²) in [5.74, 6) is 1.76. The van der Waals surface area contributed by atoms with Gasteiger partial charge in [-0.3, -0.25) is 0 Å². The minimum Gasteiger partial charge on any atom is -0.488 e. The van der Waals surface area contributed by atoms with Crippen molar-refractivity contribution >= 4 is 17.3 Å². The first-order valence-electron chi connectivity index (χ1n) is 9.61. The third-order valence-electron chi connectivity index (χ3n) is 4.44. The first-order valence-corrected chi connectivity index (χ1v) is 10.6. The summed E-state index contributed by atoms with van der Waals surface area (Å²) in [5, 5.41) is 11.0. The molecule has 1 aromatic carbocycles. The van der Waals surface area contributed by atoms with Crippen LogP contribution in [0.15, 0.2) is 40.0 Å². The van der Waals surface area contributed by atoms with Gasteiger partial charge in [-0.05, 0) is 54.3 Å². The van der Waals surface area contributed by atoms with Crippen LogP contribution in [-0.2, 0) is 17.7 Å². The van der Waals surface area contributed by atoms with Gasteiger partial charge in [0.15, 0.2) is 5.96 Å². The van der Waals surface area contributed by atoms with Gasteiger partial charge < -0.3 is 20.1 Å².